The number of nitrogen functional groups attached to an aromatic ring is 1. The van der Waals surface area contributed by atoms with Crippen molar-refractivity contribution in [3.8, 4) is 0 Å². The van der Waals surface area contributed by atoms with Crippen molar-refractivity contribution in [3.05, 3.63) is 27.7 Å². The maximum absolute atomic E-state index is 6.02. The number of hydrogen-bond acceptors (Lipinski definition) is 2. The smallest absolute Gasteiger partial charge is 0.0693 e. The van der Waals surface area contributed by atoms with Crippen molar-refractivity contribution < 1.29 is 0 Å². The van der Waals surface area contributed by atoms with Gasteiger partial charge in [-0.15, -0.1) is 0 Å². The number of hydrogen-bond donors (Lipinski definition) is 2. The first-order chi connectivity index (χ1) is 7.70. The lowest BCUT2D eigenvalue weighted by Crippen LogP contribution is -2.38. The zero-order valence-electron chi connectivity index (χ0n) is 10.8. The third kappa shape index (κ3) is 4.38. The zero-order valence-corrected chi connectivity index (χ0v) is 12.3. The quantitative estimate of drug-likeness (QED) is 0.816. The molecule has 2 nitrogen and oxygen atoms in total. The summed E-state index contributed by atoms with van der Waals surface area (Å²) >= 11 is 12.0. The van der Waals surface area contributed by atoms with Gasteiger partial charge in [0.2, 0.25) is 0 Å². The van der Waals surface area contributed by atoms with Gasteiger partial charge in [-0.05, 0) is 44.4 Å². The first-order valence-electron chi connectivity index (χ1n) is 5.70. The molecule has 4 heteroatoms. The molecule has 0 heterocycles. The van der Waals surface area contributed by atoms with Crippen molar-refractivity contribution in [2.24, 2.45) is 0 Å². The van der Waals surface area contributed by atoms with Gasteiger partial charge in [0.1, 0.15) is 0 Å². The van der Waals surface area contributed by atoms with Gasteiger partial charge < -0.3 is 11.1 Å². The van der Waals surface area contributed by atoms with Crippen molar-refractivity contribution >= 4 is 28.9 Å². The minimum absolute atomic E-state index is 0.107. The Labute approximate surface area is 113 Å². The van der Waals surface area contributed by atoms with Crippen molar-refractivity contribution in [1.82, 2.24) is 5.32 Å². The Morgan fingerprint density at radius 1 is 1.24 bits per heavy atom. The molecule has 0 aliphatic heterocycles. The summed E-state index contributed by atoms with van der Waals surface area (Å²) in [4.78, 5) is 0. The number of rotatable bonds is 3. The molecule has 1 unspecified atom stereocenters. The Balaban J connectivity index is 2.79. The van der Waals surface area contributed by atoms with E-state index in [0.29, 0.717) is 21.7 Å². The van der Waals surface area contributed by atoms with Crippen LogP contribution in [0.2, 0.25) is 10.0 Å². The molecule has 1 aromatic carbocycles. The summed E-state index contributed by atoms with van der Waals surface area (Å²) in [5, 5.41) is 4.50. The summed E-state index contributed by atoms with van der Waals surface area (Å²) in [6.45, 7) is 9.44. The molecule has 0 amide bonds. The van der Waals surface area contributed by atoms with E-state index < -0.39 is 0 Å². The highest BCUT2D eigenvalue weighted by molar-refractivity contribution is 6.38. The molecule has 1 rings (SSSR count). The standard InChI is InChI=1S/C13H20Cl2N2/c1-8(7-17-13(2,3)4)9-5-10(14)12(16)11(15)6-9/h5-6,8,17H,7,16H2,1-4H3. The summed E-state index contributed by atoms with van der Waals surface area (Å²) in [6, 6.07) is 3.77. The second kappa shape index (κ2) is 5.47. The Hall–Kier alpha value is -0.440. The Kier molecular flexibility index (Phi) is 4.70. The summed E-state index contributed by atoms with van der Waals surface area (Å²) in [6.07, 6.45) is 0. The maximum atomic E-state index is 6.02. The molecular weight excluding hydrogens is 255 g/mol. The van der Waals surface area contributed by atoms with E-state index in [-0.39, 0.29) is 5.54 Å². The highest BCUT2D eigenvalue weighted by atomic mass is 35.5. The van der Waals surface area contributed by atoms with Crippen molar-refractivity contribution in [3.63, 3.8) is 0 Å². The van der Waals surface area contributed by atoms with Gasteiger partial charge in [-0.2, -0.15) is 0 Å². The molecule has 0 spiro atoms. The predicted octanol–water partition coefficient (Wildman–Crippen LogP) is 4.07. The minimum Gasteiger partial charge on any atom is -0.396 e. The molecule has 0 aliphatic carbocycles. The largest absolute Gasteiger partial charge is 0.396 e. The average Bonchev–Trinajstić information content (AvgIpc) is 2.20. The van der Waals surface area contributed by atoms with Crippen LogP contribution < -0.4 is 11.1 Å². The third-order valence-corrected chi connectivity index (χ3v) is 3.23. The number of benzene rings is 1. The number of nitrogens with one attached hydrogen (secondary N) is 1. The van der Waals surface area contributed by atoms with E-state index in [9.17, 15) is 0 Å². The number of anilines is 1. The summed E-state index contributed by atoms with van der Waals surface area (Å²) in [7, 11) is 0. The lowest BCUT2D eigenvalue weighted by atomic mass is 9.99. The van der Waals surface area contributed by atoms with Crippen LogP contribution in [0, 0.1) is 0 Å². The molecule has 1 aromatic rings. The van der Waals surface area contributed by atoms with Gasteiger partial charge in [0.15, 0.2) is 0 Å². The van der Waals surface area contributed by atoms with Gasteiger partial charge >= 0.3 is 0 Å². The fourth-order valence-corrected chi connectivity index (χ4v) is 1.97. The van der Waals surface area contributed by atoms with E-state index >= 15 is 0 Å². The van der Waals surface area contributed by atoms with Crippen LogP contribution in [0.5, 0.6) is 0 Å². The molecule has 0 saturated carbocycles. The molecule has 3 N–H and O–H groups in total. The van der Waals surface area contributed by atoms with Crippen LogP contribution in [0.15, 0.2) is 12.1 Å². The van der Waals surface area contributed by atoms with E-state index in [1.807, 2.05) is 12.1 Å². The van der Waals surface area contributed by atoms with Gasteiger partial charge in [-0.25, -0.2) is 0 Å². The molecule has 0 aromatic heterocycles. The van der Waals surface area contributed by atoms with Gasteiger partial charge in [-0.3, -0.25) is 0 Å². The lowest BCUT2D eigenvalue weighted by Gasteiger charge is -2.24. The second-order valence-corrected chi connectivity index (χ2v) is 6.24. The molecule has 0 fully saturated rings. The lowest BCUT2D eigenvalue weighted by molar-refractivity contribution is 0.412. The van der Waals surface area contributed by atoms with E-state index in [1.165, 1.54) is 0 Å². The van der Waals surface area contributed by atoms with Crippen molar-refractivity contribution in [2.75, 3.05) is 12.3 Å². The number of nitrogens with two attached hydrogens (primary N) is 1. The topological polar surface area (TPSA) is 38.0 Å². The molecular formula is C13H20Cl2N2. The Morgan fingerprint density at radius 3 is 2.12 bits per heavy atom. The van der Waals surface area contributed by atoms with Gasteiger partial charge in [0.05, 0.1) is 15.7 Å². The molecule has 0 saturated heterocycles. The molecule has 96 valence electrons. The van der Waals surface area contributed by atoms with Gasteiger partial charge in [0, 0.05) is 12.1 Å². The Bertz CT molecular complexity index is 374. The molecule has 17 heavy (non-hydrogen) atoms. The van der Waals surface area contributed by atoms with Crippen LogP contribution in [0.1, 0.15) is 39.2 Å². The third-order valence-electron chi connectivity index (χ3n) is 2.61. The molecule has 0 radical (unpaired) electrons. The predicted molar refractivity (Wildman–Crippen MR) is 77.0 cm³/mol. The van der Waals surface area contributed by atoms with E-state index in [4.69, 9.17) is 28.9 Å². The average molecular weight is 275 g/mol. The summed E-state index contributed by atoms with van der Waals surface area (Å²) < 4.78 is 0. The van der Waals surface area contributed by atoms with Crippen LogP contribution in [0.4, 0.5) is 5.69 Å². The molecule has 1 atom stereocenters. The van der Waals surface area contributed by atoms with Gasteiger partial charge in [0.25, 0.3) is 0 Å². The van der Waals surface area contributed by atoms with Gasteiger partial charge in [-0.1, -0.05) is 30.1 Å². The first-order valence-corrected chi connectivity index (χ1v) is 6.46. The fourth-order valence-electron chi connectivity index (χ4n) is 1.47. The van der Waals surface area contributed by atoms with Crippen LogP contribution in [0.25, 0.3) is 0 Å². The Morgan fingerprint density at radius 2 is 1.71 bits per heavy atom. The van der Waals surface area contributed by atoms with Crippen molar-refractivity contribution in [2.45, 2.75) is 39.2 Å². The van der Waals surface area contributed by atoms with Crippen LogP contribution >= 0.6 is 23.2 Å². The van der Waals surface area contributed by atoms with Crippen LogP contribution in [0.3, 0.4) is 0 Å². The normalized spacial score (nSPS) is 13.8. The second-order valence-electron chi connectivity index (χ2n) is 5.43. The monoisotopic (exact) mass is 274 g/mol. The maximum Gasteiger partial charge on any atom is 0.0693 e. The molecule has 0 aliphatic rings. The van der Waals surface area contributed by atoms with Crippen molar-refractivity contribution in [1.29, 1.82) is 0 Å². The molecule has 0 bridgehead atoms. The number of halogens is 2. The van der Waals surface area contributed by atoms with E-state index in [1.54, 1.807) is 0 Å². The van der Waals surface area contributed by atoms with Crippen LogP contribution in [-0.4, -0.2) is 12.1 Å². The first kappa shape index (κ1) is 14.6. The summed E-state index contributed by atoms with van der Waals surface area (Å²) in [5.74, 6) is 0.338. The highest BCUT2D eigenvalue weighted by Crippen LogP contribution is 2.31. The highest BCUT2D eigenvalue weighted by Gasteiger charge is 2.14. The summed E-state index contributed by atoms with van der Waals surface area (Å²) in [5.41, 5.74) is 7.38. The van der Waals surface area contributed by atoms with E-state index in [0.717, 1.165) is 12.1 Å². The van der Waals surface area contributed by atoms with Crippen LogP contribution in [-0.2, 0) is 0 Å². The minimum atomic E-state index is 0.107. The SMILES string of the molecule is CC(CNC(C)(C)C)c1cc(Cl)c(N)c(Cl)c1. The fraction of sp³-hybridized carbons (Fsp3) is 0.538. The zero-order chi connectivity index (χ0) is 13.2. The van der Waals surface area contributed by atoms with E-state index in [2.05, 4.69) is 33.0 Å².